The number of nitrogens with one attached hydrogen (secondary N) is 2. The van der Waals surface area contributed by atoms with Gasteiger partial charge in [0.2, 0.25) is 5.91 Å². The van der Waals surface area contributed by atoms with E-state index in [0.29, 0.717) is 12.8 Å². The summed E-state index contributed by atoms with van der Waals surface area (Å²) in [6.45, 7) is 1.57. The van der Waals surface area contributed by atoms with E-state index in [1.807, 2.05) is 30.3 Å². The first-order valence-corrected chi connectivity index (χ1v) is 10.2. The molecule has 6 heteroatoms. The number of aromatic nitrogens is 2. The minimum absolute atomic E-state index is 0.0288. The fourth-order valence-corrected chi connectivity index (χ4v) is 4.13. The Labute approximate surface area is 175 Å². The highest BCUT2D eigenvalue weighted by molar-refractivity contribution is 6.02. The number of benzene rings is 1. The van der Waals surface area contributed by atoms with Crippen LogP contribution in [0.1, 0.15) is 46.9 Å². The third kappa shape index (κ3) is 4.33. The molecular formula is C24H25N3O3. The topological polar surface area (TPSA) is 95.1 Å². The van der Waals surface area contributed by atoms with Crippen LogP contribution in [0.4, 0.5) is 0 Å². The van der Waals surface area contributed by atoms with Crippen molar-refractivity contribution in [2.45, 2.75) is 44.8 Å². The van der Waals surface area contributed by atoms with Crippen molar-refractivity contribution in [3.05, 3.63) is 77.2 Å². The Morgan fingerprint density at radius 3 is 2.63 bits per heavy atom. The van der Waals surface area contributed by atoms with Crippen LogP contribution in [-0.2, 0) is 17.6 Å². The van der Waals surface area contributed by atoms with Crippen molar-refractivity contribution in [3.63, 3.8) is 0 Å². The fourth-order valence-electron chi connectivity index (χ4n) is 4.13. The number of hydrogen-bond acceptors (Lipinski definition) is 4. The molecule has 0 saturated carbocycles. The van der Waals surface area contributed by atoms with Gasteiger partial charge in [0.25, 0.3) is 0 Å². The van der Waals surface area contributed by atoms with Crippen molar-refractivity contribution in [2.75, 3.05) is 0 Å². The van der Waals surface area contributed by atoms with Gasteiger partial charge in [-0.15, -0.1) is 0 Å². The van der Waals surface area contributed by atoms with E-state index in [1.165, 1.54) is 0 Å². The first-order valence-electron chi connectivity index (χ1n) is 10.2. The summed E-state index contributed by atoms with van der Waals surface area (Å²) in [5.41, 5.74) is 5.62. The van der Waals surface area contributed by atoms with E-state index >= 15 is 0 Å². The number of ketones is 1. The zero-order valence-electron chi connectivity index (χ0n) is 16.9. The molecule has 0 fully saturated rings. The number of hydrogen-bond donors (Lipinski definition) is 3. The molecule has 2 aromatic heterocycles. The number of aliphatic hydroxyl groups is 1. The molecule has 0 saturated heterocycles. The third-order valence-corrected chi connectivity index (χ3v) is 5.38. The highest BCUT2D eigenvalue weighted by Gasteiger charge is 2.32. The molecule has 1 aliphatic rings. The summed E-state index contributed by atoms with van der Waals surface area (Å²) >= 11 is 0. The van der Waals surface area contributed by atoms with Gasteiger partial charge in [0.05, 0.1) is 18.2 Å². The van der Waals surface area contributed by atoms with E-state index in [1.54, 1.807) is 19.3 Å². The minimum Gasteiger partial charge on any atom is -0.393 e. The van der Waals surface area contributed by atoms with Crippen molar-refractivity contribution in [2.24, 2.45) is 0 Å². The predicted molar refractivity (Wildman–Crippen MR) is 114 cm³/mol. The lowest BCUT2D eigenvalue weighted by atomic mass is 9.87. The van der Waals surface area contributed by atoms with Crippen molar-refractivity contribution >= 4 is 11.7 Å². The Bertz CT molecular complexity index is 1040. The molecule has 0 aliphatic heterocycles. The summed E-state index contributed by atoms with van der Waals surface area (Å²) < 4.78 is 0. The van der Waals surface area contributed by atoms with Gasteiger partial charge in [-0.3, -0.25) is 14.6 Å². The first kappa shape index (κ1) is 20.0. The van der Waals surface area contributed by atoms with E-state index in [0.717, 1.165) is 33.6 Å². The van der Waals surface area contributed by atoms with Crippen LogP contribution in [0.15, 0.2) is 54.9 Å². The number of Topliss-reactive ketones (excluding diaryl/α,β-unsaturated/α-hetero) is 1. The molecule has 1 amide bonds. The molecule has 0 spiro atoms. The lowest BCUT2D eigenvalue weighted by molar-refractivity contribution is -0.123. The van der Waals surface area contributed by atoms with E-state index in [4.69, 9.17) is 0 Å². The van der Waals surface area contributed by atoms with Crippen molar-refractivity contribution in [1.82, 2.24) is 15.3 Å². The van der Waals surface area contributed by atoms with Crippen molar-refractivity contribution in [3.8, 4) is 11.3 Å². The number of amides is 1. The summed E-state index contributed by atoms with van der Waals surface area (Å²) in [7, 11) is 0. The summed E-state index contributed by atoms with van der Waals surface area (Å²) in [5.74, 6) is -0.210. The fraction of sp³-hybridized carbons (Fsp3) is 0.292. The average molecular weight is 403 g/mol. The molecule has 1 unspecified atom stereocenters. The van der Waals surface area contributed by atoms with Crippen LogP contribution in [0.25, 0.3) is 11.3 Å². The van der Waals surface area contributed by atoms with Crippen LogP contribution >= 0.6 is 0 Å². The monoisotopic (exact) mass is 403 g/mol. The van der Waals surface area contributed by atoms with Gasteiger partial charge in [-0.2, -0.15) is 0 Å². The highest BCUT2D eigenvalue weighted by atomic mass is 16.3. The van der Waals surface area contributed by atoms with Gasteiger partial charge in [0.15, 0.2) is 5.78 Å². The third-order valence-electron chi connectivity index (χ3n) is 5.38. The molecule has 4 rings (SSSR count). The highest BCUT2D eigenvalue weighted by Crippen LogP contribution is 2.34. The van der Waals surface area contributed by atoms with E-state index in [2.05, 4.69) is 27.4 Å². The molecule has 6 nitrogen and oxygen atoms in total. The molecular weight excluding hydrogens is 378 g/mol. The number of rotatable bonds is 6. The maximum Gasteiger partial charge on any atom is 0.222 e. The lowest BCUT2D eigenvalue weighted by Gasteiger charge is -2.23. The molecule has 154 valence electrons. The first-order chi connectivity index (χ1) is 14.5. The second-order valence-corrected chi connectivity index (χ2v) is 7.88. The van der Waals surface area contributed by atoms with Gasteiger partial charge in [-0.25, -0.2) is 0 Å². The molecule has 2 atom stereocenters. The number of nitrogens with zero attached hydrogens (tertiary/aromatic N) is 1. The largest absolute Gasteiger partial charge is 0.393 e. The number of aromatic amines is 1. The maximum absolute atomic E-state index is 13.1. The minimum atomic E-state index is -0.707. The average Bonchev–Trinajstić information content (AvgIpc) is 3.07. The van der Waals surface area contributed by atoms with Gasteiger partial charge in [-0.05, 0) is 30.2 Å². The lowest BCUT2D eigenvalue weighted by Crippen LogP contribution is -2.41. The maximum atomic E-state index is 13.1. The number of carbonyl (C=O) groups is 2. The Kier molecular flexibility index (Phi) is 5.77. The Balaban J connectivity index is 1.69. The van der Waals surface area contributed by atoms with Gasteiger partial charge in [0.1, 0.15) is 0 Å². The summed E-state index contributed by atoms with van der Waals surface area (Å²) in [6, 6.07) is 13.7. The van der Waals surface area contributed by atoms with Crippen LogP contribution in [0.5, 0.6) is 0 Å². The van der Waals surface area contributed by atoms with Gasteiger partial charge in [0, 0.05) is 54.5 Å². The molecule has 3 N–H and O–H groups in total. The Morgan fingerprint density at radius 2 is 1.93 bits per heavy atom. The molecule has 0 radical (unpaired) electrons. The number of aliphatic hydroxyl groups excluding tert-OH is 1. The SMILES string of the molecule is C[C@@H](O)CC(=O)NC1CC(=O)c2c([nH]c(-c3ccncc3)c2Cc2ccccc2)C1. The molecule has 0 bridgehead atoms. The molecule has 2 heterocycles. The van der Waals surface area contributed by atoms with Crippen LogP contribution in [-0.4, -0.2) is 38.9 Å². The standard InChI is InChI=1S/C24H25N3O3/c1-15(28)11-22(30)26-18-13-20-23(21(29)14-18)19(12-16-5-3-2-4-6-16)24(27-20)17-7-9-25-10-8-17/h2-10,15,18,27-28H,11-14H2,1H3,(H,26,30)/t15-,18?/m1/s1. The number of fused-ring (bicyclic) bond motifs is 1. The summed E-state index contributed by atoms with van der Waals surface area (Å²) in [6.07, 6.45) is 4.26. The van der Waals surface area contributed by atoms with Crippen molar-refractivity contribution in [1.29, 1.82) is 0 Å². The van der Waals surface area contributed by atoms with Gasteiger partial charge < -0.3 is 15.4 Å². The zero-order valence-corrected chi connectivity index (χ0v) is 16.9. The normalized spacial score (nSPS) is 16.7. The van der Waals surface area contributed by atoms with E-state index < -0.39 is 6.10 Å². The summed E-state index contributed by atoms with van der Waals surface area (Å²) in [5, 5.41) is 12.3. The molecule has 1 aromatic carbocycles. The molecule has 30 heavy (non-hydrogen) atoms. The Morgan fingerprint density at radius 1 is 1.20 bits per heavy atom. The second kappa shape index (κ2) is 8.63. The van der Waals surface area contributed by atoms with E-state index in [-0.39, 0.29) is 30.6 Å². The van der Waals surface area contributed by atoms with Crippen molar-refractivity contribution < 1.29 is 14.7 Å². The number of carbonyl (C=O) groups excluding carboxylic acids is 2. The van der Waals surface area contributed by atoms with Crippen LogP contribution < -0.4 is 5.32 Å². The van der Waals surface area contributed by atoms with Crippen LogP contribution in [0.3, 0.4) is 0 Å². The van der Waals surface area contributed by atoms with Crippen LogP contribution in [0, 0.1) is 0 Å². The van der Waals surface area contributed by atoms with Gasteiger partial charge >= 0.3 is 0 Å². The van der Waals surface area contributed by atoms with Crippen LogP contribution in [0.2, 0.25) is 0 Å². The number of pyridine rings is 1. The van der Waals surface area contributed by atoms with E-state index in [9.17, 15) is 14.7 Å². The summed E-state index contributed by atoms with van der Waals surface area (Å²) in [4.78, 5) is 32.8. The molecule has 1 aliphatic carbocycles. The smallest absolute Gasteiger partial charge is 0.222 e. The Hall–Kier alpha value is -3.25. The second-order valence-electron chi connectivity index (χ2n) is 7.88. The van der Waals surface area contributed by atoms with Gasteiger partial charge in [-0.1, -0.05) is 30.3 Å². The predicted octanol–water partition coefficient (Wildman–Crippen LogP) is 3.05. The quantitative estimate of drug-likeness (QED) is 0.590. The molecule has 3 aromatic rings. The number of H-pyrrole nitrogens is 1. The zero-order chi connectivity index (χ0) is 21.1.